The first-order valence-electron chi connectivity index (χ1n) is 7.74. The maximum Gasteiger partial charge on any atom is 0.188 e. The number of thiocarbonyl (C=S) groups is 1. The highest BCUT2D eigenvalue weighted by Crippen LogP contribution is 2.49. The second-order valence-corrected chi connectivity index (χ2v) is 7.00. The Morgan fingerprint density at radius 2 is 2.12 bits per heavy atom. The minimum absolute atomic E-state index is 0.0942. The Bertz CT molecular complexity index is 828. The standard InChI is InChI=1S/C18H17ClN2O2S/c1-18-10-14(13-7-4-8-15(22-2)16(13)23-18)20-17(24)21(18)12-6-3-5-11(19)9-12/h3-9,14H,10H2,1-2H3,(H,20,24)/t14-,18+/m1/s1. The van der Waals surface area contributed by atoms with Gasteiger partial charge in [0, 0.05) is 22.7 Å². The molecule has 2 bridgehead atoms. The number of nitrogens with one attached hydrogen (secondary N) is 1. The van der Waals surface area contributed by atoms with Crippen molar-refractivity contribution in [2.75, 3.05) is 12.0 Å². The van der Waals surface area contributed by atoms with Crippen molar-refractivity contribution < 1.29 is 9.47 Å². The Morgan fingerprint density at radius 1 is 1.33 bits per heavy atom. The summed E-state index contributed by atoms with van der Waals surface area (Å²) in [6.45, 7) is 2.05. The SMILES string of the molecule is COc1cccc2c1O[C@@]1(C)C[C@H]2NC(=S)N1c1cccc(Cl)c1. The highest BCUT2D eigenvalue weighted by atomic mass is 35.5. The number of hydrogen-bond acceptors (Lipinski definition) is 3. The predicted octanol–water partition coefficient (Wildman–Crippen LogP) is 4.28. The monoisotopic (exact) mass is 360 g/mol. The van der Waals surface area contributed by atoms with Crippen LogP contribution in [0.4, 0.5) is 5.69 Å². The summed E-state index contributed by atoms with van der Waals surface area (Å²) >= 11 is 11.8. The largest absolute Gasteiger partial charge is 0.493 e. The Morgan fingerprint density at radius 3 is 2.88 bits per heavy atom. The average molecular weight is 361 g/mol. The van der Waals surface area contributed by atoms with E-state index in [-0.39, 0.29) is 6.04 Å². The average Bonchev–Trinajstić information content (AvgIpc) is 2.53. The second-order valence-electron chi connectivity index (χ2n) is 6.18. The Balaban J connectivity index is 1.83. The molecule has 2 heterocycles. The molecule has 6 heteroatoms. The molecule has 2 aromatic rings. The van der Waals surface area contributed by atoms with Crippen molar-refractivity contribution in [3.05, 3.63) is 53.1 Å². The molecule has 0 radical (unpaired) electrons. The lowest BCUT2D eigenvalue weighted by molar-refractivity contribution is 0.0464. The summed E-state index contributed by atoms with van der Waals surface area (Å²) in [5.41, 5.74) is 1.36. The van der Waals surface area contributed by atoms with E-state index in [0.717, 1.165) is 29.2 Å². The van der Waals surface area contributed by atoms with E-state index in [2.05, 4.69) is 5.32 Å². The van der Waals surface area contributed by atoms with Crippen LogP contribution in [0.3, 0.4) is 0 Å². The molecule has 1 saturated heterocycles. The van der Waals surface area contributed by atoms with Gasteiger partial charge in [-0.15, -0.1) is 0 Å². The first kappa shape index (κ1) is 15.5. The third-order valence-electron chi connectivity index (χ3n) is 4.55. The first-order chi connectivity index (χ1) is 11.5. The number of benzene rings is 2. The van der Waals surface area contributed by atoms with Gasteiger partial charge in [0.15, 0.2) is 22.3 Å². The number of para-hydroxylation sites is 1. The molecule has 4 nitrogen and oxygen atoms in total. The summed E-state index contributed by atoms with van der Waals surface area (Å²) in [7, 11) is 1.65. The Hall–Kier alpha value is -1.98. The molecule has 2 aromatic carbocycles. The van der Waals surface area contributed by atoms with Crippen LogP contribution in [-0.2, 0) is 0 Å². The zero-order valence-electron chi connectivity index (χ0n) is 13.4. The molecule has 0 aliphatic carbocycles. The molecule has 2 aliphatic heterocycles. The van der Waals surface area contributed by atoms with Gasteiger partial charge >= 0.3 is 0 Å². The van der Waals surface area contributed by atoms with Gasteiger partial charge in [0.2, 0.25) is 0 Å². The molecular formula is C18H17ClN2O2S. The summed E-state index contributed by atoms with van der Waals surface area (Å²) in [4.78, 5) is 1.99. The minimum atomic E-state index is -0.612. The maximum atomic E-state index is 6.42. The Labute approximate surface area is 151 Å². The zero-order valence-corrected chi connectivity index (χ0v) is 14.9. The van der Waals surface area contributed by atoms with Gasteiger partial charge in [-0.25, -0.2) is 0 Å². The molecule has 0 unspecified atom stereocenters. The molecule has 124 valence electrons. The summed E-state index contributed by atoms with van der Waals surface area (Å²) in [5.74, 6) is 1.49. The normalized spacial score (nSPS) is 24.7. The van der Waals surface area contributed by atoms with Gasteiger partial charge in [0.1, 0.15) is 0 Å². The van der Waals surface area contributed by atoms with E-state index in [1.807, 2.05) is 54.3 Å². The van der Waals surface area contributed by atoms with Gasteiger partial charge in [0.25, 0.3) is 0 Å². The van der Waals surface area contributed by atoms with Crippen LogP contribution in [0.15, 0.2) is 42.5 Å². The number of rotatable bonds is 2. The van der Waals surface area contributed by atoms with Crippen molar-refractivity contribution in [2.45, 2.75) is 25.1 Å². The smallest absolute Gasteiger partial charge is 0.188 e. The fourth-order valence-corrected chi connectivity index (χ4v) is 4.15. The van der Waals surface area contributed by atoms with E-state index < -0.39 is 5.72 Å². The van der Waals surface area contributed by atoms with Crippen molar-refractivity contribution in [1.82, 2.24) is 5.32 Å². The summed E-state index contributed by atoms with van der Waals surface area (Å²) in [5, 5.41) is 4.72. The highest BCUT2D eigenvalue weighted by Gasteiger charge is 2.49. The highest BCUT2D eigenvalue weighted by molar-refractivity contribution is 7.80. The molecule has 2 aliphatic rings. The van der Waals surface area contributed by atoms with Crippen LogP contribution < -0.4 is 19.7 Å². The van der Waals surface area contributed by atoms with Gasteiger partial charge in [-0.1, -0.05) is 29.8 Å². The quantitative estimate of drug-likeness (QED) is 0.808. The van der Waals surface area contributed by atoms with E-state index in [1.54, 1.807) is 7.11 Å². The van der Waals surface area contributed by atoms with Crippen molar-refractivity contribution in [1.29, 1.82) is 0 Å². The number of anilines is 1. The van der Waals surface area contributed by atoms with Crippen molar-refractivity contribution >= 4 is 34.6 Å². The summed E-state index contributed by atoms with van der Waals surface area (Å²) < 4.78 is 11.9. The number of hydrogen-bond donors (Lipinski definition) is 1. The van der Waals surface area contributed by atoms with Crippen LogP contribution in [0.2, 0.25) is 5.02 Å². The lowest BCUT2D eigenvalue weighted by atomic mass is 9.90. The number of ether oxygens (including phenoxy) is 2. The summed E-state index contributed by atoms with van der Waals surface area (Å²) in [6, 6.07) is 13.6. The molecule has 0 aromatic heterocycles. The van der Waals surface area contributed by atoms with Crippen LogP contribution in [0.25, 0.3) is 0 Å². The van der Waals surface area contributed by atoms with E-state index in [4.69, 9.17) is 33.3 Å². The third-order valence-corrected chi connectivity index (χ3v) is 5.09. The van der Waals surface area contributed by atoms with Gasteiger partial charge < -0.3 is 14.8 Å². The van der Waals surface area contributed by atoms with Crippen molar-refractivity contribution in [2.24, 2.45) is 0 Å². The van der Waals surface area contributed by atoms with Crippen LogP contribution in [-0.4, -0.2) is 17.9 Å². The molecule has 2 atom stereocenters. The van der Waals surface area contributed by atoms with Crippen molar-refractivity contribution in [3.8, 4) is 11.5 Å². The lowest BCUT2D eigenvalue weighted by Gasteiger charge is -2.52. The fraction of sp³-hybridized carbons (Fsp3) is 0.278. The molecule has 24 heavy (non-hydrogen) atoms. The number of fused-ring (bicyclic) bond motifs is 4. The van der Waals surface area contributed by atoms with Crippen molar-refractivity contribution in [3.63, 3.8) is 0 Å². The number of halogens is 1. The first-order valence-corrected chi connectivity index (χ1v) is 8.53. The summed E-state index contributed by atoms with van der Waals surface area (Å²) in [6.07, 6.45) is 0.764. The Kier molecular flexibility index (Phi) is 3.58. The van der Waals surface area contributed by atoms with Gasteiger partial charge in [-0.05, 0) is 43.4 Å². The molecule has 4 rings (SSSR count). The molecular weight excluding hydrogens is 344 g/mol. The van der Waals surface area contributed by atoms with E-state index in [0.29, 0.717) is 10.1 Å². The number of nitrogens with zero attached hydrogens (tertiary/aromatic N) is 1. The van der Waals surface area contributed by atoms with Crippen LogP contribution in [0.5, 0.6) is 11.5 Å². The van der Waals surface area contributed by atoms with Gasteiger partial charge in [-0.2, -0.15) is 0 Å². The van der Waals surface area contributed by atoms with E-state index in [9.17, 15) is 0 Å². The topological polar surface area (TPSA) is 33.7 Å². The van der Waals surface area contributed by atoms with E-state index in [1.165, 1.54) is 0 Å². The predicted molar refractivity (Wildman–Crippen MR) is 99.0 cm³/mol. The van der Waals surface area contributed by atoms with E-state index >= 15 is 0 Å². The molecule has 0 saturated carbocycles. The maximum absolute atomic E-state index is 6.42. The molecule has 1 fully saturated rings. The van der Waals surface area contributed by atoms with Gasteiger partial charge in [-0.3, -0.25) is 4.90 Å². The molecule has 1 N–H and O–H groups in total. The zero-order chi connectivity index (χ0) is 16.9. The fourth-order valence-electron chi connectivity index (χ4n) is 3.53. The molecule has 0 spiro atoms. The van der Waals surface area contributed by atoms with Crippen LogP contribution in [0, 0.1) is 0 Å². The molecule has 0 amide bonds. The lowest BCUT2D eigenvalue weighted by Crippen LogP contribution is -2.65. The third kappa shape index (κ3) is 2.31. The van der Waals surface area contributed by atoms with Crippen LogP contribution in [0.1, 0.15) is 24.9 Å². The van der Waals surface area contributed by atoms with Crippen LogP contribution >= 0.6 is 23.8 Å². The van der Waals surface area contributed by atoms with Gasteiger partial charge in [0.05, 0.1) is 13.2 Å². The second kappa shape index (κ2) is 5.53. The minimum Gasteiger partial charge on any atom is -0.493 e. The number of methoxy groups -OCH3 is 1.